The molecule has 0 bridgehead atoms. The van der Waals surface area contributed by atoms with E-state index >= 15 is 0 Å². The Hall–Kier alpha value is -3.11. The number of nitrogens with one attached hydrogen (secondary N) is 2. The first-order chi connectivity index (χ1) is 14.7. The monoisotopic (exact) mass is 447 g/mol. The Morgan fingerprint density at radius 3 is 2.42 bits per heavy atom. The fourth-order valence-corrected chi connectivity index (χ4v) is 3.83. The van der Waals surface area contributed by atoms with Gasteiger partial charge in [0, 0.05) is 24.3 Å². The lowest BCUT2D eigenvalue weighted by Gasteiger charge is -2.29. The minimum Gasteiger partial charge on any atom is -0.465 e. The second-order valence-electron chi connectivity index (χ2n) is 7.18. The molecule has 1 aliphatic rings. The van der Waals surface area contributed by atoms with Gasteiger partial charge in [-0.1, -0.05) is 6.07 Å². The highest BCUT2D eigenvalue weighted by Gasteiger charge is 2.19. The van der Waals surface area contributed by atoms with E-state index < -0.39 is 21.9 Å². The van der Waals surface area contributed by atoms with Crippen molar-refractivity contribution in [2.45, 2.75) is 6.92 Å². The molecule has 166 valence electrons. The molecule has 1 amide bonds. The topological polar surface area (TPSA) is 114 Å². The minimum absolute atomic E-state index is 0.224. The molecule has 2 aromatic rings. The van der Waals surface area contributed by atoms with Crippen LogP contribution in [-0.4, -0.2) is 60.0 Å². The van der Waals surface area contributed by atoms with Crippen molar-refractivity contribution in [2.75, 3.05) is 54.6 Å². The lowest BCUT2D eigenvalue weighted by atomic mass is 10.1. The summed E-state index contributed by atoms with van der Waals surface area (Å²) in [4.78, 5) is 27.3. The highest BCUT2D eigenvalue weighted by atomic mass is 32.2. The zero-order chi connectivity index (χ0) is 22.6. The number of ether oxygens (including phenoxy) is 2. The number of aryl methyl sites for hydroxylation is 1. The van der Waals surface area contributed by atoms with Crippen LogP contribution in [0.5, 0.6) is 0 Å². The van der Waals surface area contributed by atoms with Crippen LogP contribution < -0.4 is 14.9 Å². The molecule has 1 fully saturated rings. The van der Waals surface area contributed by atoms with Gasteiger partial charge in [0.05, 0.1) is 43.5 Å². The number of esters is 1. The Labute approximate surface area is 181 Å². The fraction of sp³-hybridized carbons (Fsp3) is 0.333. The van der Waals surface area contributed by atoms with Gasteiger partial charge in [-0.05, 0) is 42.8 Å². The zero-order valence-electron chi connectivity index (χ0n) is 17.6. The summed E-state index contributed by atoms with van der Waals surface area (Å²) in [7, 11) is -2.22. The normalized spacial score (nSPS) is 14.1. The van der Waals surface area contributed by atoms with Gasteiger partial charge in [0.1, 0.15) is 0 Å². The number of amides is 1. The van der Waals surface area contributed by atoms with Crippen LogP contribution >= 0.6 is 0 Å². The minimum atomic E-state index is -3.49. The number of anilines is 3. The molecule has 0 aliphatic carbocycles. The van der Waals surface area contributed by atoms with Crippen molar-refractivity contribution in [1.29, 1.82) is 0 Å². The van der Waals surface area contributed by atoms with Gasteiger partial charge in [0.2, 0.25) is 10.0 Å². The molecule has 10 heteroatoms. The molecule has 0 atom stereocenters. The first-order valence-electron chi connectivity index (χ1n) is 9.63. The van der Waals surface area contributed by atoms with Gasteiger partial charge in [-0.2, -0.15) is 0 Å². The number of sulfonamides is 1. The highest BCUT2D eigenvalue weighted by Crippen LogP contribution is 2.26. The van der Waals surface area contributed by atoms with Gasteiger partial charge < -0.3 is 19.7 Å². The summed E-state index contributed by atoms with van der Waals surface area (Å²) in [6.07, 6.45) is 1.04. The van der Waals surface area contributed by atoms with Crippen LogP contribution in [0.25, 0.3) is 0 Å². The third kappa shape index (κ3) is 5.74. The smallest absolute Gasteiger partial charge is 0.340 e. The summed E-state index contributed by atoms with van der Waals surface area (Å²) >= 11 is 0. The van der Waals surface area contributed by atoms with Gasteiger partial charge in [0.25, 0.3) is 5.91 Å². The van der Waals surface area contributed by atoms with Crippen molar-refractivity contribution < 1.29 is 27.5 Å². The molecule has 0 aromatic heterocycles. The summed E-state index contributed by atoms with van der Waals surface area (Å²) in [5.41, 5.74) is 2.58. The number of carbonyl (C=O) groups is 2. The van der Waals surface area contributed by atoms with E-state index in [0.29, 0.717) is 43.2 Å². The van der Waals surface area contributed by atoms with E-state index in [1.165, 1.54) is 13.2 Å². The SMILES string of the molecule is COC(=O)c1cc(N2CCOCC2)ccc1NC(=O)c1ccc(C)c(NS(C)(=O)=O)c1. The maximum absolute atomic E-state index is 12.8. The van der Waals surface area contributed by atoms with E-state index in [-0.39, 0.29) is 11.1 Å². The third-order valence-electron chi connectivity index (χ3n) is 4.83. The Kier molecular flexibility index (Phi) is 6.81. The molecule has 31 heavy (non-hydrogen) atoms. The standard InChI is InChI=1S/C21H25N3O6S/c1-14-4-5-15(12-19(14)23-31(3,27)28)20(25)22-18-7-6-16(13-17(18)21(26)29-2)24-8-10-30-11-9-24/h4-7,12-13,23H,8-11H2,1-3H3,(H,22,25). The van der Waals surface area contributed by atoms with Crippen LogP contribution in [0.3, 0.4) is 0 Å². The van der Waals surface area contributed by atoms with E-state index in [1.807, 2.05) is 6.07 Å². The second-order valence-corrected chi connectivity index (χ2v) is 8.93. The molecule has 1 heterocycles. The molecular formula is C21H25N3O6S. The second kappa shape index (κ2) is 9.36. The maximum Gasteiger partial charge on any atom is 0.340 e. The van der Waals surface area contributed by atoms with Crippen molar-refractivity contribution in [1.82, 2.24) is 0 Å². The Morgan fingerprint density at radius 1 is 1.06 bits per heavy atom. The summed E-state index contributed by atoms with van der Waals surface area (Å²) < 4.78 is 35.8. The van der Waals surface area contributed by atoms with Crippen molar-refractivity contribution in [3.8, 4) is 0 Å². The number of hydrogen-bond acceptors (Lipinski definition) is 7. The molecule has 0 unspecified atom stereocenters. The number of hydrogen-bond donors (Lipinski definition) is 2. The lowest BCUT2D eigenvalue weighted by molar-refractivity contribution is 0.0602. The Morgan fingerprint density at radius 2 is 1.77 bits per heavy atom. The van der Waals surface area contributed by atoms with Crippen molar-refractivity contribution in [3.05, 3.63) is 53.1 Å². The van der Waals surface area contributed by atoms with Crippen LogP contribution in [0, 0.1) is 6.92 Å². The number of nitrogens with zero attached hydrogens (tertiary/aromatic N) is 1. The van der Waals surface area contributed by atoms with E-state index in [1.54, 1.807) is 31.2 Å². The molecule has 0 spiro atoms. The number of carbonyl (C=O) groups excluding carboxylic acids is 2. The average molecular weight is 448 g/mol. The van der Waals surface area contributed by atoms with Crippen molar-refractivity contribution in [2.24, 2.45) is 0 Å². The molecule has 3 rings (SSSR count). The molecule has 1 saturated heterocycles. The van der Waals surface area contributed by atoms with Crippen LogP contribution in [0.4, 0.5) is 17.1 Å². The molecule has 2 N–H and O–H groups in total. The quantitative estimate of drug-likeness (QED) is 0.653. The van der Waals surface area contributed by atoms with Crippen LogP contribution in [-0.2, 0) is 19.5 Å². The summed E-state index contributed by atoms with van der Waals surface area (Å²) in [6.45, 7) is 4.33. The maximum atomic E-state index is 12.8. The van der Waals surface area contributed by atoms with Gasteiger partial charge in [0.15, 0.2) is 0 Å². The summed E-state index contributed by atoms with van der Waals surface area (Å²) in [5.74, 6) is -1.06. The molecular weight excluding hydrogens is 422 g/mol. The predicted molar refractivity (Wildman–Crippen MR) is 118 cm³/mol. The molecule has 2 aromatic carbocycles. The van der Waals surface area contributed by atoms with Crippen LogP contribution in [0.1, 0.15) is 26.3 Å². The van der Waals surface area contributed by atoms with E-state index in [4.69, 9.17) is 9.47 Å². The summed E-state index contributed by atoms with van der Waals surface area (Å²) in [5, 5.41) is 2.72. The molecule has 1 aliphatic heterocycles. The number of benzene rings is 2. The fourth-order valence-electron chi connectivity index (χ4n) is 3.21. The Bertz CT molecular complexity index is 1090. The lowest BCUT2D eigenvalue weighted by Crippen LogP contribution is -2.36. The highest BCUT2D eigenvalue weighted by molar-refractivity contribution is 7.92. The molecule has 0 radical (unpaired) electrons. The van der Waals surface area contributed by atoms with E-state index in [0.717, 1.165) is 11.9 Å². The summed E-state index contributed by atoms with van der Waals surface area (Å²) in [6, 6.07) is 9.82. The first kappa shape index (κ1) is 22.6. The third-order valence-corrected chi connectivity index (χ3v) is 5.42. The molecule has 0 saturated carbocycles. The van der Waals surface area contributed by atoms with E-state index in [2.05, 4.69) is 14.9 Å². The number of morpholine rings is 1. The van der Waals surface area contributed by atoms with Crippen molar-refractivity contribution in [3.63, 3.8) is 0 Å². The first-order valence-corrected chi connectivity index (χ1v) is 11.5. The van der Waals surface area contributed by atoms with Gasteiger partial charge in [-0.3, -0.25) is 9.52 Å². The van der Waals surface area contributed by atoms with Crippen LogP contribution in [0.2, 0.25) is 0 Å². The van der Waals surface area contributed by atoms with Gasteiger partial charge in [-0.15, -0.1) is 0 Å². The predicted octanol–water partition coefficient (Wildman–Crippen LogP) is 2.24. The molecule has 9 nitrogen and oxygen atoms in total. The Balaban J connectivity index is 1.88. The van der Waals surface area contributed by atoms with E-state index in [9.17, 15) is 18.0 Å². The largest absolute Gasteiger partial charge is 0.465 e. The van der Waals surface area contributed by atoms with Crippen LogP contribution in [0.15, 0.2) is 36.4 Å². The number of methoxy groups -OCH3 is 1. The average Bonchev–Trinajstić information content (AvgIpc) is 2.74. The zero-order valence-corrected chi connectivity index (χ0v) is 18.4. The van der Waals surface area contributed by atoms with Crippen molar-refractivity contribution >= 4 is 39.0 Å². The van der Waals surface area contributed by atoms with Gasteiger partial charge >= 0.3 is 5.97 Å². The van der Waals surface area contributed by atoms with Gasteiger partial charge in [-0.25, -0.2) is 13.2 Å². The number of rotatable bonds is 6.